The number of esters is 1. The zero-order valence-corrected chi connectivity index (χ0v) is 13.7. The predicted molar refractivity (Wildman–Crippen MR) is 87.6 cm³/mol. The van der Waals surface area contributed by atoms with Crippen LogP contribution in [0.4, 0.5) is 0 Å². The molecule has 0 aliphatic carbocycles. The molecule has 0 fully saturated rings. The van der Waals surface area contributed by atoms with Gasteiger partial charge in [0, 0.05) is 11.1 Å². The number of halogens is 1. The second-order valence-corrected chi connectivity index (χ2v) is 5.42. The van der Waals surface area contributed by atoms with Crippen molar-refractivity contribution in [3.63, 3.8) is 0 Å². The van der Waals surface area contributed by atoms with E-state index in [4.69, 9.17) is 22.4 Å². The maximum Gasteiger partial charge on any atom is 0.328 e. The van der Waals surface area contributed by atoms with Gasteiger partial charge in [-0.3, -0.25) is 4.79 Å². The van der Waals surface area contributed by atoms with Gasteiger partial charge < -0.3 is 15.6 Å². The van der Waals surface area contributed by atoms with Gasteiger partial charge in [-0.15, -0.1) is 0 Å². The summed E-state index contributed by atoms with van der Waals surface area (Å²) in [6, 6.07) is 6.47. The van der Waals surface area contributed by atoms with Crippen LogP contribution in [0.15, 0.2) is 30.3 Å². The maximum atomic E-state index is 10.7. The molecule has 1 rings (SSSR count). The highest BCUT2D eigenvalue weighted by molar-refractivity contribution is 6.30. The Bertz CT molecular complexity index is 497. The summed E-state index contributed by atoms with van der Waals surface area (Å²) in [5.41, 5.74) is 6.28. The Morgan fingerprint density at radius 2 is 1.86 bits per heavy atom. The molecule has 3 N–H and O–H groups in total. The van der Waals surface area contributed by atoms with Gasteiger partial charge in [0.1, 0.15) is 6.04 Å². The van der Waals surface area contributed by atoms with Crippen molar-refractivity contribution in [3.8, 4) is 0 Å². The van der Waals surface area contributed by atoms with Crippen LogP contribution in [0.2, 0.25) is 5.02 Å². The predicted octanol–water partition coefficient (Wildman–Crippen LogP) is 2.97. The number of carbonyl (C=O) groups excluding carboxylic acids is 1. The van der Waals surface area contributed by atoms with Crippen LogP contribution in [-0.4, -0.2) is 30.2 Å². The summed E-state index contributed by atoms with van der Waals surface area (Å²) in [6.45, 7) is 4.03. The number of aliphatic carboxylic acids is 1. The molecule has 1 atom stereocenters. The van der Waals surface area contributed by atoms with Gasteiger partial charge in [0.25, 0.3) is 0 Å². The normalized spacial score (nSPS) is 11.7. The number of methoxy groups -OCH3 is 1. The second kappa shape index (κ2) is 10.8. The van der Waals surface area contributed by atoms with Crippen molar-refractivity contribution in [1.29, 1.82) is 0 Å². The van der Waals surface area contributed by atoms with E-state index in [1.165, 1.54) is 13.2 Å². The largest absolute Gasteiger partial charge is 0.478 e. The molecule has 1 aromatic carbocycles. The van der Waals surface area contributed by atoms with Crippen molar-refractivity contribution < 1.29 is 19.4 Å². The van der Waals surface area contributed by atoms with Gasteiger partial charge in [-0.1, -0.05) is 37.6 Å². The first-order valence-corrected chi connectivity index (χ1v) is 7.14. The fourth-order valence-electron chi connectivity index (χ4n) is 1.50. The fourth-order valence-corrected chi connectivity index (χ4v) is 1.62. The number of carboxylic acids is 1. The van der Waals surface area contributed by atoms with E-state index in [0.29, 0.717) is 17.4 Å². The number of ether oxygens (including phenoxy) is 1. The first kappa shape index (κ1) is 20.2. The van der Waals surface area contributed by atoms with Gasteiger partial charge in [-0.05, 0) is 36.1 Å². The topological polar surface area (TPSA) is 89.6 Å². The molecule has 5 nitrogen and oxygen atoms in total. The molecule has 0 aromatic heterocycles. The number of rotatable bonds is 5. The van der Waals surface area contributed by atoms with Crippen LogP contribution < -0.4 is 5.73 Å². The molecule has 0 bridgehead atoms. The van der Waals surface area contributed by atoms with Crippen LogP contribution in [0.1, 0.15) is 25.8 Å². The highest BCUT2D eigenvalue weighted by atomic mass is 35.5. The molecule has 122 valence electrons. The molecule has 0 radical (unpaired) electrons. The lowest BCUT2D eigenvalue weighted by Gasteiger charge is -2.10. The Morgan fingerprint density at radius 3 is 2.27 bits per heavy atom. The third kappa shape index (κ3) is 9.96. The van der Waals surface area contributed by atoms with E-state index in [9.17, 15) is 9.59 Å². The summed E-state index contributed by atoms with van der Waals surface area (Å²) in [4.78, 5) is 20.8. The van der Waals surface area contributed by atoms with Crippen molar-refractivity contribution >= 4 is 29.6 Å². The van der Waals surface area contributed by atoms with E-state index < -0.39 is 12.0 Å². The van der Waals surface area contributed by atoms with Crippen LogP contribution in [0.5, 0.6) is 0 Å². The highest BCUT2D eigenvalue weighted by Crippen LogP contribution is 2.10. The third-order valence-electron chi connectivity index (χ3n) is 2.52. The Labute approximate surface area is 135 Å². The van der Waals surface area contributed by atoms with Crippen LogP contribution >= 0.6 is 11.6 Å². The average Bonchev–Trinajstić information content (AvgIpc) is 2.45. The van der Waals surface area contributed by atoms with E-state index >= 15 is 0 Å². The van der Waals surface area contributed by atoms with Crippen molar-refractivity contribution in [3.05, 3.63) is 40.9 Å². The van der Waals surface area contributed by atoms with Crippen molar-refractivity contribution in [2.24, 2.45) is 11.7 Å². The SMILES string of the molecule is COC(=O)[C@@H](N)CC(C)C.O=C(O)/C=C/c1ccc(Cl)cc1. The molecule has 0 spiro atoms. The van der Waals surface area contributed by atoms with Crippen molar-refractivity contribution in [2.75, 3.05) is 7.11 Å². The summed E-state index contributed by atoms with van der Waals surface area (Å²) in [6.07, 6.45) is 3.29. The third-order valence-corrected chi connectivity index (χ3v) is 2.77. The number of carbonyl (C=O) groups is 2. The molecule has 0 saturated carbocycles. The standard InChI is InChI=1S/C9H7ClO2.C7H15NO2/c10-8-4-1-7(2-5-8)3-6-9(11)12;1-5(2)4-6(8)7(9)10-3/h1-6H,(H,11,12);5-6H,4,8H2,1-3H3/b6-3+;/t;6-/m.0/s1. The molecular weight excluding hydrogens is 306 g/mol. The molecule has 0 aliphatic heterocycles. The summed E-state index contributed by atoms with van der Waals surface area (Å²) in [5, 5.41) is 8.96. The number of benzene rings is 1. The zero-order valence-electron chi connectivity index (χ0n) is 13.0. The number of carboxylic acid groups (broad SMARTS) is 1. The molecule has 0 amide bonds. The first-order chi connectivity index (χ1) is 10.3. The minimum absolute atomic E-state index is 0.325. The Balaban J connectivity index is 0.000000409. The minimum atomic E-state index is -0.954. The van der Waals surface area contributed by atoms with E-state index in [-0.39, 0.29) is 5.97 Å². The van der Waals surface area contributed by atoms with Crippen LogP contribution in [0.25, 0.3) is 6.08 Å². The molecule has 0 unspecified atom stereocenters. The van der Waals surface area contributed by atoms with E-state index in [1.54, 1.807) is 24.3 Å². The van der Waals surface area contributed by atoms with Gasteiger partial charge in [0.05, 0.1) is 7.11 Å². The van der Waals surface area contributed by atoms with E-state index in [1.807, 2.05) is 13.8 Å². The molecule has 6 heteroatoms. The van der Waals surface area contributed by atoms with Crippen LogP contribution in [0.3, 0.4) is 0 Å². The van der Waals surface area contributed by atoms with E-state index in [2.05, 4.69) is 4.74 Å². The average molecular weight is 328 g/mol. The molecule has 0 aliphatic rings. The fraction of sp³-hybridized carbons (Fsp3) is 0.375. The van der Waals surface area contributed by atoms with Crippen molar-refractivity contribution in [1.82, 2.24) is 0 Å². The number of nitrogens with two attached hydrogens (primary N) is 1. The summed E-state index contributed by atoms with van der Waals surface area (Å²) < 4.78 is 4.45. The van der Waals surface area contributed by atoms with Crippen LogP contribution in [0, 0.1) is 5.92 Å². The highest BCUT2D eigenvalue weighted by Gasteiger charge is 2.14. The molecular formula is C16H22ClNO4. The Kier molecular flexibility index (Phi) is 9.91. The van der Waals surface area contributed by atoms with Gasteiger partial charge in [0.2, 0.25) is 0 Å². The first-order valence-electron chi connectivity index (χ1n) is 6.76. The zero-order chi connectivity index (χ0) is 17.1. The molecule has 0 heterocycles. The molecule has 22 heavy (non-hydrogen) atoms. The lowest BCUT2D eigenvalue weighted by atomic mass is 10.1. The number of hydrogen-bond acceptors (Lipinski definition) is 4. The summed E-state index contributed by atoms with van der Waals surface area (Å²) in [5.74, 6) is -0.840. The van der Waals surface area contributed by atoms with Gasteiger partial charge >= 0.3 is 11.9 Å². The Morgan fingerprint density at radius 1 is 1.32 bits per heavy atom. The van der Waals surface area contributed by atoms with Gasteiger partial charge in [-0.25, -0.2) is 4.79 Å². The minimum Gasteiger partial charge on any atom is -0.478 e. The quantitative estimate of drug-likeness (QED) is 0.641. The van der Waals surface area contributed by atoms with Gasteiger partial charge in [-0.2, -0.15) is 0 Å². The van der Waals surface area contributed by atoms with E-state index in [0.717, 1.165) is 11.6 Å². The van der Waals surface area contributed by atoms with Crippen molar-refractivity contribution in [2.45, 2.75) is 26.3 Å². The molecule has 1 aromatic rings. The molecule has 0 saturated heterocycles. The van der Waals surface area contributed by atoms with Crippen LogP contribution in [-0.2, 0) is 14.3 Å². The lowest BCUT2D eigenvalue weighted by Crippen LogP contribution is -2.32. The summed E-state index contributed by atoms with van der Waals surface area (Å²) in [7, 11) is 1.35. The number of hydrogen-bond donors (Lipinski definition) is 2. The Hall–Kier alpha value is -1.85. The monoisotopic (exact) mass is 327 g/mol. The van der Waals surface area contributed by atoms with Gasteiger partial charge in [0.15, 0.2) is 0 Å². The second-order valence-electron chi connectivity index (χ2n) is 4.98. The lowest BCUT2D eigenvalue weighted by molar-refractivity contribution is -0.142. The maximum absolute atomic E-state index is 10.7. The summed E-state index contributed by atoms with van der Waals surface area (Å²) >= 11 is 5.63. The smallest absolute Gasteiger partial charge is 0.328 e.